The maximum atomic E-state index is 12.5. The molecule has 8 N–H and O–H groups in total. The molecule has 6 atom stereocenters. The molecule has 0 radical (unpaired) electrons. The Morgan fingerprint density at radius 3 is 1.83 bits per heavy atom. The van der Waals surface area contributed by atoms with E-state index in [0.29, 0.717) is 6.42 Å². The Balaban J connectivity index is 5.36. The normalized spacial score (nSPS) is 16.9. The SMILES string of the molecule is CCC(C)C(NC(=O)C(CC(=O)O)NC(=O)C(CS)NC(=O)C(N)C(C)O)C(=O)O. The largest absolute Gasteiger partial charge is 0.481 e. The average molecular weight is 451 g/mol. The van der Waals surface area contributed by atoms with Gasteiger partial charge in [-0.1, -0.05) is 20.3 Å². The van der Waals surface area contributed by atoms with Crippen LogP contribution in [-0.2, 0) is 24.0 Å². The average Bonchev–Trinajstić information content (AvgIpc) is 2.66. The van der Waals surface area contributed by atoms with Gasteiger partial charge in [0, 0.05) is 5.75 Å². The smallest absolute Gasteiger partial charge is 0.326 e. The lowest BCUT2D eigenvalue weighted by molar-refractivity contribution is -0.144. The molecule has 0 saturated carbocycles. The van der Waals surface area contributed by atoms with E-state index in [2.05, 4.69) is 28.6 Å². The zero-order valence-electron chi connectivity index (χ0n) is 17.0. The third-order valence-corrected chi connectivity index (χ3v) is 4.79. The number of aliphatic hydroxyl groups is 1. The first-order valence-corrected chi connectivity index (χ1v) is 9.89. The van der Waals surface area contributed by atoms with E-state index in [0.717, 1.165) is 0 Å². The van der Waals surface area contributed by atoms with Gasteiger partial charge in [0.25, 0.3) is 0 Å². The minimum atomic E-state index is -1.59. The van der Waals surface area contributed by atoms with Gasteiger partial charge in [0.1, 0.15) is 24.2 Å². The van der Waals surface area contributed by atoms with Crippen molar-refractivity contribution in [2.45, 2.75) is 63.9 Å². The van der Waals surface area contributed by atoms with Gasteiger partial charge in [0.2, 0.25) is 17.7 Å². The first-order valence-electron chi connectivity index (χ1n) is 9.25. The maximum Gasteiger partial charge on any atom is 0.326 e. The van der Waals surface area contributed by atoms with Gasteiger partial charge in [0.15, 0.2) is 0 Å². The zero-order valence-corrected chi connectivity index (χ0v) is 17.9. The minimum absolute atomic E-state index is 0.212. The predicted octanol–water partition coefficient (Wildman–Crippen LogP) is -2.32. The van der Waals surface area contributed by atoms with Crippen molar-refractivity contribution in [2.24, 2.45) is 11.7 Å². The summed E-state index contributed by atoms with van der Waals surface area (Å²) in [5, 5.41) is 34.3. The maximum absolute atomic E-state index is 12.5. The second-order valence-electron chi connectivity index (χ2n) is 6.88. The van der Waals surface area contributed by atoms with Crippen molar-refractivity contribution in [2.75, 3.05) is 5.75 Å². The van der Waals surface area contributed by atoms with E-state index >= 15 is 0 Å². The van der Waals surface area contributed by atoms with Crippen LogP contribution in [0.5, 0.6) is 0 Å². The summed E-state index contributed by atoms with van der Waals surface area (Å²) in [6, 6.07) is -5.46. The molecule has 0 rings (SSSR count). The number of hydrogen-bond donors (Lipinski definition) is 8. The lowest BCUT2D eigenvalue weighted by Crippen LogP contribution is -2.59. The van der Waals surface area contributed by atoms with Gasteiger partial charge in [-0.05, 0) is 12.8 Å². The lowest BCUT2D eigenvalue weighted by Gasteiger charge is -2.25. The van der Waals surface area contributed by atoms with Crippen LogP contribution in [0.15, 0.2) is 0 Å². The molecule has 0 fully saturated rings. The van der Waals surface area contributed by atoms with Gasteiger partial charge >= 0.3 is 11.9 Å². The first-order chi connectivity index (χ1) is 13.8. The molecule has 30 heavy (non-hydrogen) atoms. The van der Waals surface area contributed by atoms with Gasteiger partial charge in [-0.15, -0.1) is 0 Å². The van der Waals surface area contributed by atoms with Crippen LogP contribution in [0, 0.1) is 5.92 Å². The second-order valence-corrected chi connectivity index (χ2v) is 7.24. The predicted molar refractivity (Wildman–Crippen MR) is 109 cm³/mol. The molecular weight excluding hydrogens is 420 g/mol. The van der Waals surface area contributed by atoms with Crippen LogP contribution in [-0.4, -0.2) is 81.0 Å². The van der Waals surface area contributed by atoms with Crippen LogP contribution in [0.1, 0.15) is 33.6 Å². The van der Waals surface area contributed by atoms with Crippen molar-refractivity contribution in [1.29, 1.82) is 0 Å². The van der Waals surface area contributed by atoms with Crippen molar-refractivity contribution in [3.63, 3.8) is 0 Å². The van der Waals surface area contributed by atoms with Crippen molar-refractivity contribution < 1.29 is 39.3 Å². The Kier molecular flexibility index (Phi) is 12.0. The van der Waals surface area contributed by atoms with Gasteiger partial charge in [-0.3, -0.25) is 19.2 Å². The molecule has 0 aliphatic rings. The molecule has 13 heteroatoms. The highest BCUT2D eigenvalue weighted by Crippen LogP contribution is 2.09. The Labute approximate surface area is 179 Å². The summed E-state index contributed by atoms with van der Waals surface area (Å²) in [6.07, 6.45) is -1.57. The number of carbonyl (C=O) groups excluding carboxylic acids is 3. The van der Waals surface area contributed by atoms with Crippen molar-refractivity contribution >= 4 is 42.3 Å². The Hall–Kier alpha value is -2.38. The third-order valence-electron chi connectivity index (χ3n) is 4.43. The van der Waals surface area contributed by atoms with Crippen LogP contribution in [0.2, 0.25) is 0 Å². The molecule has 0 bridgehead atoms. The highest BCUT2D eigenvalue weighted by atomic mass is 32.1. The topological polar surface area (TPSA) is 208 Å². The molecule has 0 aromatic carbocycles. The van der Waals surface area contributed by atoms with Gasteiger partial charge in [-0.2, -0.15) is 12.6 Å². The number of rotatable bonds is 13. The Morgan fingerprint density at radius 1 is 0.933 bits per heavy atom. The van der Waals surface area contributed by atoms with Crippen LogP contribution in [0.25, 0.3) is 0 Å². The Morgan fingerprint density at radius 2 is 1.43 bits per heavy atom. The van der Waals surface area contributed by atoms with Crippen molar-refractivity contribution in [3.8, 4) is 0 Å². The van der Waals surface area contributed by atoms with Gasteiger partial charge in [-0.25, -0.2) is 4.79 Å². The molecule has 0 saturated heterocycles. The fourth-order valence-electron chi connectivity index (χ4n) is 2.27. The highest BCUT2D eigenvalue weighted by molar-refractivity contribution is 7.80. The number of amides is 3. The van der Waals surface area contributed by atoms with Crippen LogP contribution in [0.4, 0.5) is 0 Å². The lowest BCUT2D eigenvalue weighted by atomic mass is 9.98. The van der Waals surface area contributed by atoms with E-state index in [4.69, 9.17) is 10.8 Å². The number of nitrogens with one attached hydrogen (secondary N) is 3. The van der Waals surface area contributed by atoms with Crippen LogP contribution in [0.3, 0.4) is 0 Å². The highest BCUT2D eigenvalue weighted by Gasteiger charge is 2.33. The molecule has 0 aliphatic heterocycles. The summed E-state index contributed by atoms with van der Waals surface area (Å²) >= 11 is 3.94. The second kappa shape index (κ2) is 13.0. The summed E-state index contributed by atoms with van der Waals surface area (Å²) in [5.41, 5.74) is 5.49. The fourth-order valence-corrected chi connectivity index (χ4v) is 2.53. The number of nitrogens with two attached hydrogens (primary N) is 1. The van der Waals surface area contributed by atoms with E-state index in [-0.39, 0.29) is 5.75 Å². The number of hydrogen-bond acceptors (Lipinski definition) is 8. The molecule has 3 amide bonds. The molecule has 0 aromatic rings. The summed E-state index contributed by atoms with van der Waals surface area (Å²) in [4.78, 5) is 59.3. The van der Waals surface area contributed by atoms with Gasteiger partial charge in [0.05, 0.1) is 12.5 Å². The molecular formula is C17H30N4O8S. The number of aliphatic hydroxyl groups excluding tert-OH is 1. The van der Waals surface area contributed by atoms with E-state index in [1.54, 1.807) is 13.8 Å². The Bertz CT molecular complexity index is 645. The quantitative estimate of drug-likeness (QED) is 0.141. The van der Waals surface area contributed by atoms with Crippen molar-refractivity contribution in [3.05, 3.63) is 0 Å². The standard InChI is InChI=1S/C17H30N4O8S/c1-4-7(2)13(17(28)29)21-14(25)9(5-11(23)24)19-15(26)10(6-30)20-16(27)12(18)8(3)22/h7-10,12-13,22,30H,4-6,18H2,1-3H3,(H,19,26)(H,20,27)(H,21,25)(H,23,24)(H,28,29). The minimum Gasteiger partial charge on any atom is -0.481 e. The molecule has 0 aliphatic carbocycles. The first kappa shape index (κ1) is 27.6. The van der Waals surface area contributed by atoms with E-state index < -0.39 is 72.3 Å². The van der Waals surface area contributed by atoms with Crippen LogP contribution < -0.4 is 21.7 Å². The molecule has 6 unspecified atom stereocenters. The van der Waals surface area contributed by atoms with Gasteiger partial charge < -0.3 is 37.0 Å². The summed E-state index contributed by atoms with van der Waals surface area (Å²) < 4.78 is 0. The molecule has 0 aromatic heterocycles. The number of carboxylic acids is 2. The molecule has 12 nitrogen and oxygen atoms in total. The number of aliphatic carboxylic acids is 2. The number of carbonyl (C=O) groups is 5. The third kappa shape index (κ3) is 8.97. The monoisotopic (exact) mass is 450 g/mol. The number of carboxylic acid groups (broad SMARTS) is 2. The molecule has 0 heterocycles. The van der Waals surface area contributed by atoms with Crippen molar-refractivity contribution in [1.82, 2.24) is 16.0 Å². The number of thiol groups is 1. The molecule has 0 spiro atoms. The van der Waals surface area contributed by atoms with Crippen LogP contribution >= 0.6 is 12.6 Å². The zero-order chi connectivity index (χ0) is 23.6. The van der Waals surface area contributed by atoms with E-state index in [9.17, 15) is 34.2 Å². The van der Waals surface area contributed by atoms with E-state index in [1.807, 2.05) is 0 Å². The summed E-state index contributed by atoms with van der Waals surface area (Å²) in [7, 11) is 0. The summed E-state index contributed by atoms with van der Waals surface area (Å²) in [5.74, 6) is -6.13. The summed E-state index contributed by atoms with van der Waals surface area (Å²) in [6.45, 7) is 4.60. The fraction of sp³-hybridized carbons (Fsp3) is 0.706. The van der Waals surface area contributed by atoms with E-state index in [1.165, 1.54) is 6.92 Å². The molecule has 172 valence electrons.